The Kier molecular flexibility index (Phi) is 5.66. The van der Waals surface area contributed by atoms with Gasteiger partial charge in [0, 0.05) is 5.69 Å². The molecule has 0 aliphatic carbocycles. The normalized spacial score (nSPS) is 12.3. The van der Waals surface area contributed by atoms with Crippen LogP contribution < -0.4 is 10.9 Å². The minimum absolute atomic E-state index is 0.103. The molecule has 0 spiro atoms. The summed E-state index contributed by atoms with van der Waals surface area (Å²) in [4.78, 5) is 34.0. The van der Waals surface area contributed by atoms with Crippen molar-refractivity contribution < 1.29 is 4.79 Å². The Labute approximate surface area is 158 Å². The Morgan fingerprint density at radius 3 is 2.67 bits per heavy atom. The van der Waals surface area contributed by atoms with E-state index in [1.165, 1.54) is 0 Å². The Hall–Kier alpha value is -2.99. The molecule has 0 aliphatic heterocycles. The van der Waals surface area contributed by atoms with Gasteiger partial charge in [-0.15, -0.1) is 0 Å². The predicted molar refractivity (Wildman–Crippen MR) is 108 cm³/mol. The summed E-state index contributed by atoms with van der Waals surface area (Å²) in [5.41, 5.74) is 2.42. The number of carbonyl (C=O) groups is 1. The topological polar surface area (TPSA) is 78.1 Å². The van der Waals surface area contributed by atoms with Crippen molar-refractivity contribution in [1.29, 1.82) is 0 Å². The number of carbonyl (C=O) groups excluding carboxylic acids is 1. The van der Waals surface area contributed by atoms with Crippen molar-refractivity contribution in [3.8, 4) is 0 Å². The Balaban J connectivity index is 1.73. The van der Waals surface area contributed by atoms with E-state index in [0.717, 1.165) is 17.7 Å². The molecular formula is C21H24N4O2. The lowest BCUT2D eigenvalue weighted by Gasteiger charge is -2.23. The Morgan fingerprint density at radius 2 is 1.89 bits per heavy atom. The summed E-state index contributed by atoms with van der Waals surface area (Å²) < 4.78 is 0. The van der Waals surface area contributed by atoms with Crippen molar-refractivity contribution in [2.45, 2.75) is 26.3 Å². The number of hydrogen-bond acceptors (Lipinski definition) is 4. The Bertz CT molecular complexity index is 1010. The number of amides is 1. The zero-order chi connectivity index (χ0) is 19.4. The molecule has 0 fully saturated rings. The molecule has 0 saturated carbocycles. The molecule has 6 nitrogen and oxygen atoms in total. The lowest BCUT2D eigenvalue weighted by Crippen LogP contribution is -2.33. The van der Waals surface area contributed by atoms with Crippen molar-refractivity contribution in [2.24, 2.45) is 0 Å². The van der Waals surface area contributed by atoms with Crippen LogP contribution in [0.2, 0.25) is 0 Å². The average molecular weight is 364 g/mol. The first-order chi connectivity index (χ1) is 13.0. The van der Waals surface area contributed by atoms with E-state index < -0.39 is 0 Å². The van der Waals surface area contributed by atoms with Gasteiger partial charge in [0.05, 0.1) is 23.5 Å². The van der Waals surface area contributed by atoms with Crippen molar-refractivity contribution in [2.75, 3.05) is 18.9 Å². The number of H-pyrrole nitrogens is 1. The minimum Gasteiger partial charge on any atom is -0.325 e. The number of anilines is 1. The first-order valence-corrected chi connectivity index (χ1v) is 9.06. The van der Waals surface area contributed by atoms with E-state index >= 15 is 0 Å². The number of aromatic amines is 1. The summed E-state index contributed by atoms with van der Waals surface area (Å²) in [7, 11) is 1.84. The lowest BCUT2D eigenvalue weighted by molar-refractivity contribution is -0.117. The van der Waals surface area contributed by atoms with Gasteiger partial charge in [-0.3, -0.25) is 14.5 Å². The molecule has 2 N–H and O–H groups in total. The average Bonchev–Trinajstić information content (AvgIpc) is 2.67. The number of hydrogen-bond donors (Lipinski definition) is 2. The van der Waals surface area contributed by atoms with Crippen LogP contribution in [0.15, 0.2) is 53.3 Å². The van der Waals surface area contributed by atoms with E-state index in [4.69, 9.17) is 0 Å². The molecule has 1 heterocycles. The number of aryl methyl sites for hydroxylation is 1. The maximum Gasteiger partial charge on any atom is 0.258 e. The molecule has 1 atom stereocenters. The van der Waals surface area contributed by atoms with Gasteiger partial charge >= 0.3 is 0 Å². The molecule has 0 bridgehead atoms. The van der Waals surface area contributed by atoms with Crippen molar-refractivity contribution in [3.05, 3.63) is 70.3 Å². The van der Waals surface area contributed by atoms with Gasteiger partial charge in [0.15, 0.2) is 0 Å². The predicted octanol–water partition coefficient (Wildman–Crippen LogP) is 3.12. The molecule has 0 unspecified atom stereocenters. The number of rotatable bonds is 6. The highest BCUT2D eigenvalue weighted by molar-refractivity contribution is 5.93. The summed E-state index contributed by atoms with van der Waals surface area (Å²) in [5, 5.41) is 3.53. The van der Waals surface area contributed by atoms with Gasteiger partial charge in [0.1, 0.15) is 5.82 Å². The zero-order valence-corrected chi connectivity index (χ0v) is 15.8. The van der Waals surface area contributed by atoms with Gasteiger partial charge in [0.2, 0.25) is 5.91 Å². The molecule has 1 aromatic heterocycles. The fourth-order valence-corrected chi connectivity index (χ4v) is 3.01. The molecule has 3 aromatic rings. The van der Waals surface area contributed by atoms with Crippen LogP contribution in [0.3, 0.4) is 0 Å². The second-order valence-corrected chi connectivity index (χ2v) is 6.62. The lowest BCUT2D eigenvalue weighted by atomic mass is 10.1. The standard InChI is InChI=1S/C21H24N4O2/c1-4-15-9-5-7-11-17(15)22-19(26)13-25(3)14(2)20-23-18-12-8-6-10-16(18)21(27)24-20/h5-12,14H,4,13H2,1-3H3,(H,22,26)(H,23,24,27)/t14-/m0/s1. The van der Waals surface area contributed by atoms with E-state index in [9.17, 15) is 9.59 Å². The van der Waals surface area contributed by atoms with Crippen LogP contribution >= 0.6 is 0 Å². The van der Waals surface area contributed by atoms with Gasteiger partial charge in [-0.05, 0) is 44.2 Å². The van der Waals surface area contributed by atoms with Crippen LogP contribution in [0.1, 0.15) is 31.3 Å². The number of nitrogens with one attached hydrogen (secondary N) is 2. The fourth-order valence-electron chi connectivity index (χ4n) is 3.01. The first-order valence-electron chi connectivity index (χ1n) is 9.06. The molecule has 1 amide bonds. The van der Waals surface area contributed by atoms with E-state index in [1.807, 2.05) is 61.3 Å². The third kappa shape index (κ3) is 4.23. The van der Waals surface area contributed by atoms with E-state index in [1.54, 1.807) is 6.07 Å². The van der Waals surface area contributed by atoms with Crippen LogP contribution in [0.25, 0.3) is 10.9 Å². The third-order valence-electron chi connectivity index (χ3n) is 4.75. The van der Waals surface area contributed by atoms with E-state index in [2.05, 4.69) is 22.2 Å². The molecule has 3 rings (SSSR count). The summed E-state index contributed by atoms with van der Waals surface area (Å²) in [6.45, 7) is 4.16. The SMILES string of the molecule is CCc1ccccc1NC(=O)CN(C)[C@@H](C)c1nc2ccccc2c(=O)[nH]1. The second-order valence-electron chi connectivity index (χ2n) is 6.62. The minimum atomic E-state index is -0.213. The molecule has 140 valence electrons. The largest absolute Gasteiger partial charge is 0.325 e. The van der Waals surface area contributed by atoms with Crippen LogP contribution in [0, 0.1) is 0 Å². The number of likely N-dealkylation sites (N-methyl/N-ethyl adjacent to an activating group) is 1. The fraction of sp³-hybridized carbons (Fsp3) is 0.286. The van der Waals surface area contributed by atoms with Crippen molar-refractivity contribution in [1.82, 2.24) is 14.9 Å². The number of aromatic nitrogens is 2. The maximum atomic E-state index is 12.5. The van der Waals surface area contributed by atoms with Crippen LogP contribution in [-0.2, 0) is 11.2 Å². The molecule has 0 saturated heterocycles. The van der Waals surface area contributed by atoms with Crippen molar-refractivity contribution in [3.63, 3.8) is 0 Å². The number of fused-ring (bicyclic) bond motifs is 1. The molecule has 0 radical (unpaired) electrons. The molecule has 27 heavy (non-hydrogen) atoms. The monoisotopic (exact) mass is 364 g/mol. The quantitative estimate of drug-likeness (QED) is 0.704. The van der Waals surface area contributed by atoms with E-state index in [0.29, 0.717) is 16.7 Å². The van der Waals surface area contributed by atoms with Crippen LogP contribution in [-0.4, -0.2) is 34.4 Å². The van der Waals surface area contributed by atoms with Gasteiger partial charge < -0.3 is 10.3 Å². The molecule has 6 heteroatoms. The summed E-state index contributed by atoms with van der Waals surface area (Å²) in [5.74, 6) is 0.441. The summed E-state index contributed by atoms with van der Waals surface area (Å²) >= 11 is 0. The highest BCUT2D eigenvalue weighted by atomic mass is 16.2. The number of nitrogens with zero attached hydrogens (tertiary/aromatic N) is 2. The Morgan fingerprint density at radius 1 is 1.19 bits per heavy atom. The molecule has 2 aromatic carbocycles. The third-order valence-corrected chi connectivity index (χ3v) is 4.75. The maximum absolute atomic E-state index is 12.5. The van der Waals surface area contributed by atoms with Gasteiger partial charge in [0.25, 0.3) is 5.56 Å². The van der Waals surface area contributed by atoms with Gasteiger partial charge in [-0.25, -0.2) is 4.98 Å². The molecule has 0 aliphatic rings. The summed E-state index contributed by atoms with van der Waals surface area (Å²) in [6, 6.07) is 14.8. The zero-order valence-electron chi connectivity index (χ0n) is 15.8. The first kappa shape index (κ1) is 18.8. The van der Waals surface area contributed by atoms with Gasteiger partial charge in [-0.1, -0.05) is 37.3 Å². The van der Waals surface area contributed by atoms with E-state index in [-0.39, 0.29) is 24.1 Å². The van der Waals surface area contributed by atoms with Crippen LogP contribution in [0.5, 0.6) is 0 Å². The van der Waals surface area contributed by atoms with Crippen molar-refractivity contribution >= 4 is 22.5 Å². The molecular weight excluding hydrogens is 340 g/mol. The smallest absolute Gasteiger partial charge is 0.258 e. The number of para-hydroxylation sites is 2. The summed E-state index contributed by atoms with van der Waals surface area (Å²) in [6.07, 6.45) is 0.852. The van der Waals surface area contributed by atoms with Crippen LogP contribution in [0.4, 0.5) is 5.69 Å². The number of benzene rings is 2. The highest BCUT2D eigenvalue weighted by Crippen LogP contribution is 2.18. The highest BCUT2D eigenvalue weighted by Gasteiger charge is 2.18. The second kappa shape index (κ2) is 8.14. The van der Waals surface area contributed by atoms with Gasteiger partial charge in [-0.2, -0.15) is 0 Å².